The second-order valence-corrected chi connectivity index (χ2v) is 8.34. The monoisotopic (exact) mass is 433 g/mol. The van der Waals surface area contributed by atoms with Crippen LogP contribution in [0.15, 0.2) is 36.5 Å². The van der Waals surface area contributed by atoms with E-state index in [1.807, 2.05) is 44.3 Å². The molecular weight excluding hydrogens is 402 g/mol. The van der Waals surface area contributed by atoms with Gasteiger partial charge in [-0.15, -0.1) is 5.10 Å². The average Bonchev–Trinajstić information content (AvgIpc) is 3.19. The largest absolute Gasteiger partial charge is 0.354 e. The first-order chi connectivity index (χ1) is 15.4. The van der Waals surface area contributed by atoms with Crippen LogP contribution in [0.1, 0.15) is 39.8 Å². The van der Waals surface area contributed by atoms with Crippen molar-refractivity contribution in [3.8, 4) is 5.69 Å². The Morgan fingerprint density at radius 1 is 1.03 bits per heavy atom. The van der Waals surface area contributed by atoms with Crippen LogP contribution in [0.2, 0.25) is 0 Å². The van der Waals surface area contributed by atoms with E-state index in [0.717, 1.165) is 55.4 Å². The summed E-state index contributed by atoms with van der Waals surface area (Å²) in [6.45, 7) is 13.7. The molecule has 0 bridgehead atoms. The van der Waals surface area contributed by atoms with E-state index in [9.17, 15) is 4.79 Å². The first-order valence-corrected chi connectivity index (χ1v) is 11.2. The molecule has 4 rings (SSSR count). The minimum atomic E-state index is -0.238. The van der Waals surface area contributed by atoms with Crippen molar-refractivity contribution in [2.45, 2.75) is 34.2 Å². The van der Waals surface area contributed by atoms with Gasteiger partial charge in [0.05, 0.1) is 11.4 Å². The Labute approximate surface area is 189 Å². The number of carbonyl (C=O) groups is 1. The lowest BCUT2D eigenvalue weighted by atomic mass is 10.1. The first-order valence-electron chi connectivity index (χ1n) is 11.2. The highest BCUT2D eigenvalue weighted by molar-refractivity contribution is 5.93. The Morgan fingerprint density at radius 2 is 1.81 bits per heavy atom. The van der Waals surface area contributed by atoms with Crippen molar-refractivity contribution in [3.05, 3.63) is 64.6 Å². The number of likely N-dealkylation sites (N-methyl/N-ethyl adjacent to an activating group) is 1. The van der Waals surface area contributed by atoms with Crippen molar-refractivity contribution in [1.29, 1.82) is 0 Å². The average molecular weight is 434 g/mol. The fraction of sp³-hybridized carbons (Fsp3) is 0.417. The van der Waals surface area contributed by atoms with Gasteiger partial charge in [-0.1, -0.05) is 30.7 Å². The van der Waals surface area contributed by atoms with Crippen molar-refractivity contribution in [1.82, 2.24) is 30.2 Å². The van der Waals surface area contributed by atoms with Crippen LogP contribution in [0.5, 0.6) is 0 Å². The van der Waals surface area contributed by atoms with Crippen LogP contribution in [0.3, 0.4) is 0 Å². The number of piperazine rings is 1. The molecule has 2 aromatic heterocycles. The maximum Gasteiger partial charge on any atom is 0.274 e. The number of nitrogens with one attached hydrogen (secondary N) is 1. The van der Waals surface area contributed by atoms with E-state index in [-0.39, 0.29) is 5.91 Å². The van der Waals surface area contributed by atoms with Crippen LogP contribution in [-0.4, -0.2) is 63.5 Å². The van der Waals surface area contributed by atoms with Gasteiger partial charge in [0.1, 0.15) is 5.82 Å². The second kappa shape index (κ2) is 9.48. The molecule has 3 heterocycles. The third kappa shape index (κ3) is 4.80. The fourth-order valence-corrected chi connectivity index (χ4v) is 3.99. The molecule has 0 saturated carbocycles. The third-order valence-electron chi connectivity index (χ3n) is 5.97. The van der Waals surface area contributed by atoms with Gasteiger partial charge in [-0.05, 0) is 50.6 Å². The van der Waals surface area contributed by atoms with Gasteiger partial charge in [0.15, 0.2) is 5.69 Å². The number of benzene rings is 1. The number of hydrogen-bond acceptors (Lipinski definition) is 6. The van der Waals surface area contributed by atoms with Crippen LogP contribution < -0.4 is 10.2 Å². The van der Waals surface area contributed by atoms with Gasteiger partial charge >= 0.3 is 0 Å². The lowest BCUT2D eigenvalue weighted by Gasteiger charge is -2.34. The quantitative estimate of drug-likeness (QED) is 0.644. The highest BCUT2D eigenvalue weighted by atomic mass is 16.2. The summed E-state index contributed by atoms with van der Waals surface area (Å²) >= 11 is 0. The van der Waals surface area contributed by atoms with Crippen molar-refractivity contribution in [2.75, 3.05) is 37.6 Å². The van der Waals surface area contributed by atoms with E-state index in [1.165, 1.54) is 10.4 Å². The molecule has 1 aliphatic heterocycles. The molecule has 1 amide bonds. The fourth-order valence-electron chi connectivity index (χ4n) is 3.99. The number of carbonyl (C=O) groups excluding carboxylic acids is 1. The van der Waals surface area contributed by atoms with Gasteiger partial charge < -0.3 is 15.1 Å². The molecule has 0 atom stereocenters. The molecule has 1 aliphatic rings. The van der Waals surface area contributed by atoms with Crippen molar-refractivity contribution >= 4 is 11.7 Å². The summed E-state index contributed by atoms with van der Waals surface area (Å²) < 4.78 is 0. The second-order valence-electron chi connectivity index (χ2n) is 8.34. The van der Waals surface area contributed by atoms with E-state index in [2.05, 4.69) is 43.3 Å². The summed E-state index contributed by atoms with van der Waals surface area (Å²) in [7, 11) is 0. The van der Waals surface area contributed by atoms with Gasteiger partial charge in [0, 0.05) is 38.9 Å². The van der Waals surface area contributed by atoms with E-state index in [4.69, 9.17) is 0 Å². The predicted octanol–water partition coefficient (Wildman–Crippen LogP) is 2.66. The van der Waals surface area contributed by atoms with Gasteiger partial charge in [-0.25, -0.2) is 4.98 Å². The molecule has 32 heavy (non-hydrogen) atoms. The molecule has 0 spiro atoms. The smallest absolute Gasteiger partial charge is 0.274 e. The zero-order valence-corrected chi connectivity index (χ0v) is 19.3. The molecule has 3 aromatic rings. The van der Waals surface area contributed by atoms with Crippen LogP contribution in [0, 0.1) is 20.8 Å². The molecular formula is C24H31N7O. The summed E-state index contributed by atoms with van der Waals surface area (Å²) in [5.41, 5.74) is 5.00. The molecule has 0 aliphatic carbocycles. The Balaban J connectivity index is 1.37. The maximum absolute atomic E-state index is 12.7. The normalized spacial score (nSPS) is 14.6. The maximum atomic E-state index is 12.7. The third-order valence-corrected chi connectivity index (χ3v) is 5.97. The number of nitrogens with zero attached hydrogens (tertiary/aromatic N) is 6. The summed E-state index contributed by atoms with van der Waals surface area (Å²) in [5.74, 6) is 0.751. The van der Waals surface area contributed by atoms with Crippen LogP contribution in [0.25, 0.3) is 5.69 Å². The van der Waals surface area contributed by atoms with E-state index in [0.29, 0.717) is 17.9 Å². The van der Waals surface area contributed by atoms with E-state index in [1.54, 1.807) is 6.92 Å². The van der Waals surface area contributed by atoms with Gasteiger partial charge in [-0.3, -0.25) is 4.79 Å². The highest BCUT2D eigenvalue weighted by Gasteiger charge is 2.18. The van der Waals surface area contributed by atoms with Crippen LogP contribution in [0.4, 0.5) is 5.82 Å². The SMILES string of the molecule is CCN1CCN(c2ccc(CNC(=O)c3nn(-c4ccc(C)cc4C)nc3C)cn2)CC1. The van der Waals surface area contributed by atoms with E-state index < -0.39 is 0 Å². The van der Waals surface area contributed by atoms with Crippen LogP contribution >= 0.6 is 0 Å². The molecule has 8 nitrogen and oxygen atoms in total. The van der Waals surface area contributed by atoms with Crippen molar-refractivity contribution in [3.63, 3.8) is 0 Å². The molecule has 1 N–H and O–H groups in total. The standard InChI is InChI=1S/C24H31N7O/c1-5-29-10-12-30(13-11-29)22-9-7-20(15-25-22)16-26-24(32)23-19(4)27-31(28-23)21-8-6-17(2)14-18(21)3/h6-9,14-15H,5,10-13,16H2,1-4H3,(H,26,32). The zero-order valence-electron chi connectivity index (χ0n) is 19.3. The number of pyridine rings is 1. The molecule has 0 radical (unpaired) electrons. The van der Waals surface area contributed by atoms with Gasteiger partial charge in [0.2, 0.25) is 0 Å². The van der Waals surface area contributed by atoms with Crippen LogP contribution in [-0.2, 0) is 6.54 Å². The zero-order chi connectivity index (χ0) is 22.7. The predicted molar refractivity (Wildman–Crippen MR) is 125 cm³/mol. The minimum Gasteiger partial charge on any atom is -0.354 e. The summed E-state index contributed by atoms with van der Waals surface area (Å²) in [6, 6.07) is 10.1. The topological polar surface area (TPSA) is 79.2 Å². The summed E-state index contributed by atoms with van der Waals surface area (Å²) in [4.78, 5) is 23.6. The highest BCUT2D eigenvalue weighted by Crippen LogP contribution is 2.16. The van der Waals surface area contributed by atoms with Gasteiger partial charge in [-0.2, -0.15) is 9.90 Å². The number of aryl methyl sites for hydroxylation is 3. The van der Waals surface area contributed by atoms with Crippen molar-refractivity contribution < 1.29 is 4.79 Å². The molecule has 0 unspecified atom stereocenters. The first kappa shape index (κ1) is 22.0. The molecule has 8 heteroatoms. The number of amides is 1. The number of rotatable bonds is 6. The molecule has 1 aromatic carbocycles. The Hall–Kier alpha value is -3.26. The summed E-state index contributed by atoms with van der Waals surface area (Å²) in [5, 5.41) is 11.8. The molecule has 168 valence electrons. The minimum absolute atomic E-state index is 0.238. The Morgan fingerprint density at radius 3 is 2.47 bits per heavy atom. The van der Waals surface area contributed by atoms with E-state index >= 15 is 0 Å². The summed E-state index contributed by atoms with van der Waals surface area (Å²) in [6.07, 6.45) is 1.83. The number of anilines is 1. The molecule has 1 fully saturated rings. The Kier molecular flexibility index (Phi) is 6.50. The lowest BCUT2D eigenvalue weighted by molar-refractivity contribution is 0.0945. The number of hydrogen-bond donors (Lipinski definition) is 1. The lowest BCUT2D eigenvalue weighted by Crippen LogP contribution is -2.46. The van der Waals surface area contributed by atoms with Crippen molar-refractivity contribution in [2.24, 2.45) is 0 Å². The molecule has 1 saturated heterocycles. The Bertz CT molecular complexity index is 1080. The van der Waals surface area contributed by atoms with Gasteiger partial charge in [0.25, 0.3) is 5.91 Å². The number of aromatic nitrogens is 4.